The van der Waals surface area contributed by atoms with Crippen LogP contribution in [0.1, 0.15) is 5.56 Å². The molecule has 0 spiro atoms. The predicted octanol–water partition coefficient (Wildman–Crippen LogP) is 3.55. The first kappa shape index (κ1) is 20.4. The van der Waals surface area contributed by atoms with Gasteiger partial charge in [-0.05, 0) is 35.9 Å². The second-order valence-corrected chi connectivity index (χ2v) is 6.56. The van der Waals surface area contributed by atoms with Crippen LogP contribution >= 0.6 is 0 Å². The molecule has 5 nitrogen and oxygen atoms in total. The molecule has 8 heteroatoms. The molecule has 152 valence electrons. The number of rotatable bonds is 4. The van der Waals surface area contributed by atoms with Crippen molar-refractivity contribution in [2.45, 2.75) is 6.18 Å². The minimum absolute atomic E-state index is 0.0567. The first-order valence-corrected chi connectivity index (χ1v) is 9.08. The molecule has 1 heterocycles. The van der Waals surface area contributed by atoms with Crippen molar-refractivity contribution in [3.05, 3.63) is 66.2 Å². The summed E-state index contributed by atoms with van der Waals surface area (Å²) in [6.07, 6.45) is -1.58. The van der Waals surface area contributed by atoms with Gasteiger partial charge in [0.15, 0.2) is 0 Å². The molecule has 0 atom stereocenters. The zero-order valence-corrected chi connectivity index (χ0v) is 15.5. The molecule has 29 heavy (non-hydrogen) atoms. The number of alkyl halides is 3. The van der Waals surface area contributed by atoms with E-state index in [0.717, 1.165) is 11.3 Å². The van der Waals surface area contributed by atoms with E-state index in [2.05, 4.69) is 0 Å². The van der Waals surface area contributed by atoms with Gasteiger partial charge in [-0.2, -0.15) is 13.2 Å². The average Bonchev–Trinajstić information content (AvgIpc) is 2.73. The van der Waals surface area contributed by atoms with Crippen molar-refractivity contribution in [2.75, 3.05) is 36.4 Å². The summed E-state index contributed by atoms with van der Waals surface area (Å²) in [4.78, 5) is 27.1. The number of anilines is 2. The Bertz CT molecular complexity index is 872. The van der Waals surface area contributed by atoms with Gasteiger partial charge in [-0.25, -0.2) is 0 Å². The normalized spacial score (nSPS) is 14.9. The van der Waals surface area contributed by atoms with Crippen LogP contribution in [0.5, 0.6) is 0 Å². The highest BCUT2D eigenvalue weighted by Gasteiger charge is 2.38. The van der Waals surface area contributed by atoms with E-state index in [-0.39, 0.29) is 11.6 Å². The molecular formula is C21H20F3N3O2. The van der Waals surface area contributed by atoms with E-state index in [9.17, 15) is 22.8 Å². The van der Waals surface area contributed by atoms with E-state index in [1.54, 1.807) is 29.2 Å². The number of piperazine rings is 1. The lowest BCUT2D eigenvalue weighted by atomic mass is 10.2. The van der Waals surface area contributed by atoms with Gasteiger partial charge in [-0.1, -0.05) is 30.3 Å². The molecule has 0 aliphatic carbocycles. The van der Waals surface area contributed by atoms with Crippen molar-refractivity contribution >= 4 is 29.3 Å². The van der Waals surface area contributed by atoms with Gasteiger partial charge in [-0.15, -0.1) is 0 Å². The number of carbonyl (C=O) groups is 2. The third-order valence-electron chi connectivity index (χ3n) is 4.56. The topological polar surface area (TPSA) is 52.7 Å². The fourth-order valence-electron chi connectivity index (χ4n) is 2.98. The molecule has 0 radical (unpaired) electrons. The van der Waals surface area contributed by atoms with Crippen LogP contribution in [0.2, 0.25) is 0 Å². The molecule has 3 rings (SSSR count). The third-order valence-corrected chi connectivity index (χ3v) is 4.56. The van der Waals surface area contributed by atoms with Crippen LogP contribution in [0, 0.1) is 0 Å². The Labute approximate surface area is 166 Å². The molecule has 2 aromatic rings. The number of hydrogen-bond acceptors (Lipinski definition) is 3. The van der Waals surface area contributed by atoms with Gasteiger partial charge >= 0.3 is 12.1 Å². The minimum atomic E-state index is -4.92. The third kappa shape index (κ3) is 5.60. The zero-order valence-electron chi connectivity index (χ0n) is 15.5. The Balaban J connectivity index is 1.52. The van der Waals surface area contributed by atoms with Crippen molar-refractivity contribution in [3.63, 3.8) is 0 Å². The van der Waals surface area contributed by atoms with Crippen LogP contribution in [0.15, 0.2) is 60.7 Å². The van der Waals surface area contributed by atoms with Crippen LogP contribution in [-0.2, 0) is 9.59 Å². The van der Waals surface area contributed by atoms with Crippen LogP contribution in [0.4, 0.5) is 24.5 Å². The minimum Gasteiger partial charge on any atom is -0.368 e. The van der Waals surface area contributed by atoms with Crippen LogP contribution < -0.4 is 10.2 Å². The van der Waals surface area contributed by atoms with E-state index in [0.29, 0.717) is 26.2 Å². The summed E-state index contributed by atoms with van der Waals surface area (Å²) >= 11 is 0. The van der Waals surface area contributed by atoms with E-state index < -0.39 is 12.1 Å². The molecule has 1 aliphatic rings. The summed E-state index contributed by atoms with van der Waals surface area (Å²) in [5, 5.41) is 1.82. The Kier molecular flexibility index (Phi) is 6.21. The fraction of sp³-hybridized carbons (Fsp3) is 0.238. The smallest absolute Gasteiger partial charge is 0.368 e. The predicted molar refractivity (Wildman–Crippen MR) is 105 cm³/mol. The van der Waals surface area contributed by atoms with E-state index in [1.165, 1.54) is 12.1 Å². The molecule has 0 unspecified atom stereocenters. The van der Waals surface area contributed by atoms with Crippen LogP contribution in [-0.4, -0.2) is 49.1 Å². The Hall–Kier alpha value is -3.29. The summed E-state index contributed by atoms with van der Waals surface area (Å²) in [6.45, 7) is 2.31. The van der Waals surface area contributed by atoms with Crippen LogP contribution in [0.25, 0.3) is 6.08 Å². The Morgan fingerprint density at radius 1 is 0.897 bits per heavy atom. The monoisotopic (exact) mass is 403 g/mol. The molecule has 1 aliphatic heterocycles. The summed E-state index contributed by atoms with van der Waals surface area (Å²) in [7, 11) is 0. The lowest BCUT2D eigenvalue weighted by Gasteiger charge is -2.35. The number of hydrogen-bond donors (Lipinski definition) is 1. The second kappa shape index (κ2) is 8.81. The molecule has 0 aromatic heterocycles. The van der Waals surface area contributed by atoms with Crippen LogP contribution in [0.3, 0.4) is 0 Å². The molecule has 1 N–H and O–H groups in total. The number of nitrogens with zero attached hydrogens (tertiary/aromatic N) is 2. The molecule has 2 amide bonds. The number of carbonyl (C=O) groups excluding carboxylic acids is 2. The maximum atomic E-state index is 12.3. The maximum absolute atomic E-state index is 12.3. The molecule has 2 aromatic carbocycles. The highest BCUT2D eigenvalue weighted by atomic mass is 19.4. The lowest BCUT2D eigenvalue weighted by molar-refractivity contribution is -0.167. The van der Waals surface area contributed by atoms with Crippen molar-refractivity contribution in [1.82, 2.24) is 4.90 Å². The van der Waals surface area contributed by atoms with Gasteiger partial charge in [0.2, 0.25) is 5.91 Å². The Morgan fingerprint density at radius 3 is 2.10 bits per heavy atom. The van der Waals surface area contributed by atoms with E-state index >= 15 is 0 Å². The Morgan fingerprint density at radius 2 is 1.52 bits per heavy atom. The van der Waals surface area contributed by atoms with Crippen molar-refractivity contribution in [1.29, 1.82) is 0 Å². The van der Waals surface area contributed by atoms with Gasteiger partial charge in [0.25, 0.3) is 0 Å². The largest absolute Gasteiger partial charge is 0.471 e. The van der Waals surface area contributed by atoms with Crippen molar-refractivity contribution < 1.29 is 22.8 Å². The molecule has 0 saturated carbocycles. The first-order chi connectivity index (χ1) is 13.8. The number of nitrogens with one attached hydrogen (secondary N) is 1. The molecule has 1 fully saturated rings. The fourth-order valence-corrected chi connectivity index (χ4v) is 2.98. The van der Waals surface area contributed by atoms with Gasteiger partial charge in [0.1, 0.15) is 0 Å². The first-order valence-electron chi connectivity index (χ1n) is 9.08. The van der Waals surface area contributed by atoms with Gasteiger partial charge in [0, 0.05) is 43.6 Å². The second-order valence-electron chi connectivity index (χ2n) is 6.56. The van der Waals surface area contributed by atoms with Gasteiger partial charge < -0.3 is 15.1 Å². The molecular weight excluding hydrogens is 383 g/mol. The van der Waals surface area contributed by atoms with E-state index in [4.69, 9.17) is 0 Å². The molecule has 0 bridgehead atoms. The summed E-state index contributed by atoms with van der Waals surface area (Å²) in [5.74, 6) is -2.06. The number of benzene rings is 2. The number of amides is 2. The zero-order chi connectivity index (χ0) is 20.9. The molecule has 1 saturated heterocycles. The summed E-state index contributed by atoms with van der Waals surface area (Å²) in [5.41, 5.74) is 1.86. The lowest BCUT2D eigenvalue weighted by Crippen LogP contribution is -2.48. The SMILES string of the molecule is O=C(/C=C/c1ccccc1)N1CCN(c2ccc(NC(=O)C(F)(F)F)cc2)CC1. The van der Waals surface area contributed by atoms with Gasteiger partial charge in [-0.3, -0.25) is 9.59 Å². The quantitative estimate of drug-likeness (QED) is 0.795. The van der Waals surface area contributed by atoms with Crippen molar-refractivity contribution in [3.8, 4) is 0 Å². The average molecular weight is 403 g/mol. The summed E-state index contributed by atoms with van der Waals surface area (Å²) in [6, 6.07) is 15.7. The highest BCUT2D eigenvalue weighted by molar-refractivity contribution is 5.95. The maximum Gasteiger partial charge on any atom is 0.471 e. The van der Waals surface area contributed by atoms with Crippen molar-refractivity contribution in [2.24, 2.45) is 0 Å². The standard InChI is InChI=1S/C21H20F3N3O2/c22-21(23,24)20(29)25-17-7-9-18(10-8-17)26-12-14-27(15-13-26)19(28)11-6-16-4-2-1-3-5-16/h1-11H,12-15H2,(H,25,29)/b11-6+. The number of halogens is 3. The van der Waals surface area contributed by atoms with Gasteiger partial charge in [0.05, 0.1) is 0 Å². The van der Waals surface area contributed by atoms with E-state index in [1.807, 2.05) is 40.5 Å². The highest BCUT2D eigenvalue weighted by Crippen LogP contribution is 2.22. The summed E-state index contributed by atoms with van der Waals surface area (Å²) < 4.78 is 36.9.